The van der Waals surface area contributed by atoms with E-state index in [1.807, 2.05) is 0 Å². The first-order chi connectivity index (χ1) is 11.7. The van der Waals surface area contributed by atoms with Gasteiger partial charge < -0.3 is 4.74 Å². The minimum absolute atomic E-state index is 0.0895. The van der Waals surface area contributed by atoms with E-state index in [9.17, 15) is 10.1 Å². The molecule has 2 aliphatic carbocycles. The molecule has 1 aromatic rings. The molecule has 3 rings (SSSR count). The molecule has 0 N–H and O–H groups in total. The van der Waals surface area contributed by atoms with Gasteiger partial charge in [-0.3, -0.25) is 10.1 Å². The number of fused-ring (bicyclic) bond motifs is 1. The minimum atomic E-state index is -0.386. The van der Waals surface area contributed by atoms with Crippen molar-refractivity contribution in [2.45, 2.75) is 59.0 Å². The summed E-state index contributed by atoms with van der Waals surface area (Å²) in [6, 6.07) is 6.40. The van der Waals surface area contributed by atoms with Crippen molar-refractivity contribution >= 4 is 5.69 Å². The Kier molecular flexibility index (Phi) is 4.48. The molecule has 0 unspecified atom stereocenters. The highest BCUT2D eigenvalue weighted by Gasteiger charge is 2.47. The molecule has 134 valence electrons. The van der Waals surface area contributed by atoms with Crippen LogP contribution in [0.1, 0.15) is 53.4 Å². The van der Waals surface area contributed by atoms with Crippen molar-refractivity contribution in [1.82, 2.24) is 0 Å². The predicted molar refractivity (Wildman–Crippen MR) is 99.7 cm³/mol. The van der Waals surface area contributed by atoms with Crippen LogP contribution >= 0.6 is 0 Å². The molecule has 0 aromatic heterocycles. The van der Waals surface area contributed by atoms with E-state index >= 15 is 0 Å². The summed E-state index contributed by atoms with van der Waals surface area (Å²) in [6.45, 7) is 8.85. The van der Waals surface area contributed by atoms with Gasteiger partial charge in [-0.25, -0.2) is 0 Å². The number of ether oxygens (including phenoxy) is 1. The largest absolute Gasteiger partial charge is 0.487 e. The lowest BCUT2D eigenvalue weighted by atomic mass is 9.76. The summed E-state index contributed by atoms with van der Waals surface area (Å²) < 4.78 is 6.30. The average Bonchev–Trinajstić information content (AvgIpc) is 2.82. The molecule has 2 aliphatic rings. The zero-order valence-corrected chi connectivity index (χ0v) is 15.5. The number of non-ortho nitro benzene ring substituents is 1. The van der Waals surface area contributed by atoms with Crippen LogP contribution in [0, 0.1) is 21.4 Å². The van der Waals surface area contributed by atoms with Gasteiger partial charge in [0.25, 0.3) is 5.69 Å². The molecule has 0 amide bonds. The Labute approximate surface area is 149 Å². The molecule has 0 bridgehead atoms. The molecule has 0 saturated heterocycles. The van der Waals surface area contributed by atoms with E-state index in [4.69, 9.17) is 4.74 Å². The monoisotopic (exact) mass is 341 g/mol. The molecule has 0 spiro atoms. The lowest BCUT2D eigenvalue weighted by Crippen LogP contribution is -2.38. The van der Waals surface area contributed by atoms with Gasteiger partial charge in [-0.15, -0.1) is 0 Å². The Morgan fingerprint density at radius 2 is 1.92 bits per heavy atom. The Hall–Kier alpha value is -2.10. The predicted octanol–water partition coefficient (Wildman–Crippen LogP) is 5.84. The van der Waals surface area contributed by atoms with Crippen LogP contribution in [0.15, 0.2) is 47.6 Å². The van der Waals surface area contributed by atoms with Gasteiger partial charge in [0, 0.05) is 18.1 Å². The fourth-order valence-electron chi connectivity index (χ4n) is 4.28. The number of allylic oxidation sites excluding steroid dienone is 3. The summed E-state index contributed by atoms with van der Waals surface area (Å²) in [5, 5.41) is 10.8. The van der Waals surface area contributed by atoms with Crippen LogP contribution in [0.5, 0.6) is 5.75 Å². The second kappa shape index (κ2) is 6.32. The van der Waals surface area contributed by atoms with Crippen LogP contribution in [0.4, 0.5) is 5.69 Å². The highest BCUT2D eigenvalue weighted by molar-refractivity contribution is 5.37. The molecule has 2 atom stereocenters. The van der Waals surface area contributed by atoms with Gasteiger partial charge in [0.15, 0.2) is 0 Å². The van der Waals surface area contributed by atoms with E-state index in [-0.39, 0.29) is 21.6 Å². The average molecular weight is 341 g/mol. The number of nitrogens with zero attached hydrogens (tertiary/aromatic N) is 1. The Balaban J connectivity index is 1.81. The maximum Gasteiger partial charge on any atom is 0.269 e. The Morgan fingerprint density at radius 3 is 2.56 bits per heavy atom. The van der Waals surface area contributed by atoms with Crippen molar-refractivity contribution in [3.8, 4) is 5.75 Å². The van der Waals surface area contributed by atoms with Gasteiger partial charge in [0.1, 0.15) is 11.4 Å². The number of hydrogen-bond acceptors (Lipinski definition) is 3. The van der Waals surface area contributed by atoms with Crippen molar-refractivity contribution in [3.05, 3.63) is 57.7 Å². The molecule has 25 heavy (non-hydrogen) atoms. The van der Waals surface area contributed by atoms with E-state index in [1.54, 1.807) is 12.1 Å². The molecular weight excluding hydrogens is 314 g/mol. The van der Waals surface area contributed by atoms with Crippen molar-refractivity contribution in [3.63, 3.8) is 0 Å². The minimum Gasteiger partial charge on any atom is -0.487 e. The van der Waals surface area contributed by atoms with Crippen LogP contribution in [-0.2, 0) is 0 Å². The first-order valence-electron chi connectivity index (χ1n) is 9.01. The summed E-state index contributed by atoms with van der Waals surface area (Å²) in [5.74, 6) is 1.06. The van der Waals surface area contributed by atoms with E-state index in [0.29, 0.717) is 11.7 Å². The maximum atomic E-state index is 10.8. The maximum absolute atomic E-state index is 10.8. The topological polar surface area (TPSA) is 52.4 Å². The molecule has 4 heteroatoms. The van der Waals surface area contributed by atoms with Gasteiger partial charge >= 0.3 is 0 Å². The van der Waals surface area contributed by atoms with Gasteiger partial charge in [-0.05, 0) is 64.0 Å². The Morgan fingerprint density at radius 1 is 1.24 bits per heavy atom. The number of hydrogen-bond donors (Lipinski definition) is 0. The SMILES string of the molecule is CC1=CC[C@@]2(C)CC[C@H](C(C)(C)Oc3ccc([N+](=O)[O-])cc3)C2=CC1. The zero-order chi connectivity index (χ0) is 18.2. The quantitative estimate of drug-likeness (QED) is 0.393. The summed E-state index contributed by atoms with van der Waals surface area (Å²) in [4.78, 5) is 10.4. The normalized spacial score (nSPS) is 26.3. The van der Waals surface area contributed by atoms with Gasteiger partial charge in [0.05, 0.1) is 4.92 Å². The molecular formula is C21H27NO3. The van der Waals surface area contributed by atoms with Gasteiger partial charge in [-0.2, -0.15) is 0 Å². The van der Waals surface area contributed by atoms with Gasteiger partial charge in [-0.1, -0.05) is 30.2 Å². The fourth-order valence-corrected chi connectivity index (χ4v) is 4.28. The van der Waals surface area contributed by atoms with Crippen molar-refractivity contribution in [2.75, 3.05) is 0 Å². The lowest BCUT2D eigenvalue weighted by molar-refractivity contribution is -0.384. The second-order valence-corrected chi connectivity index (χ2v) is 8.23. The third kappa shape index (κ3) is 3.48. The van der Waals surface area contributed by atoms with Crippen LogP contribution in [-0.4, -0.2) is 10.5 Å². The molecule has 0 aliphatic heterocycles. The number of rotatable bonds is 4. The second-order valence-electron chi connectivity index (χ2n) is 8.23. The Bertz CT molecular complexity index is 730. The molecule has 4 nitrogen and oxygen atoms in total. The third-order valence-corrected chi connectivity index (χ3v) is 5.87. The number of nitro benzene ring substituents is 1. The first kappa shape index (κ1) is 17.7. The molecule has 1 fully saturated rings. The van der Waals surface area contributed by atoms with Crippen LogP contribution in [0.25, 0.3) is 0 Å². The third-order valence-electron chi connectivity index (χ3n) is 5.87. The van der Waals surface area contributed by atoms with Crippen molar-refractivity contribution < 1.29 is 9.66 Å². The number of benzene rings is 1. The summed E-state index contributed by atoms with van der Waals surface area (Å²) in [7, 11) is 0. The van der Waals surface area contributed by atoms with E-state index in [0.717, 1.165) is 19.3 Å². The summed E-state index contributed by atoms with van der Waals surface area (Å²) >= 11 is 0. The highest BCUT2D eigenvalue weighted by atomic mass is 16.6. The fraction of sp³-hybridized carbons (Fsp3) is 0.524. The van der Waals surface area contributed by atoms with Crippen molar-refractivity contribution in [2.24, 2.45) is 11.3 Å². The molecule has 1 aromatic carbocycles. The van der Waals surface area contributed by atoms with E-state index in [2.05, 4.69) is 39.8 Å². The smallest absolute Gasteiger partial charge is 0.269 e. The molecule has 0 heterocycles. The van der Waals surface area contributed by atoms with E-state index in [1.165, 1.54) is 29.7 Å². The standard InChI is InChI=1S/C21H27NO3/c1-15-5-10-19-18(12-14-21(19,4)13-11-15)20(2,3)25-17-8-6-16(7-9-17)22(23)24/h6-11,18H,5,12-14H2,1-4H3/t18-,21-/m0/s1. The van der Waals surface area contributed by atoms with Crippen LogP contribution in [0.3, 0.4) is 0 Å². The highest BCUT2D eigenvalue weighted by Crippen LogP contribution is 2.54. The first-order valence-corrected chi connectivity index (χ1v) is 9.01. The van der Waals surface area contributed by atoms with Crippen LogP contribution < -0.4 is 4.74 Å². The van der Waals surface area contributed by atoms with E-state index < -0.39 is 0 Å². The zero-order valence-electron chi connectivity index (χ0n) is 15.5. The summed E-state index contributed by atoms with van der Waals surface area (Å²) in [5.41, 5.74) is 2.94. The van der Waals surface area contributed by atoms with Crippen LogP contribution in [0.2, 0.25) is 0 Å². The van der Waals surface area contributed by atoms with Gasteiger partial charge in [0.2, 0.25) is 0 Å². The lowest BCUT2D eigenvalue weighted by Gasteiger charge is -2.36. The summed E-state index contributed by atoms with van der Waals surface area (Å²) in [6.07, 6.45) is 9.23. The molecule has 0 radical (unpaired) electrons. The molecule has 1 saturated carbocycles. The van der Waals surface area contributed by atoms with Crippen molar-refractivity contribution in [1.29, 1.82) is 0 Å². The number of nitro groups is 1.